The van der Waals surface area contributed by atoms with Crippen LogP contribution in [0.1, 0.15) is 31.2 Å². The number of benzene rings is 1. The first-order valence-corrected chi connectivity index (χ1v) is 14.9. The van der Waals surface area contributed by atoms with Gasteiger partial charge in [-0.25, -0.2) is 22.4 Å². The Morgan fingerprint density at radius 2 is 1.50 bits per heavy atom. The third kappa shape index (κ3) is 7.91. The molecule has 11 nitrogen and oxygen atoms in total. The number of alkyl halides is 4. The number of β-amino-alcohol motifs (C(OH)–C–C–N with tert-alkyl or cyclic N) is 1. The number of nitrogens with one attached hydrogen (secondary N) is 4. The second-order valence-corrected chi connectivity index (χ2v) is 12.3. The molecule has 4 aliphatic rings. The first kappa shape index (κ1) is 32.2. The van der Waals surface area contributed by atoms with Gasteiger partial charge in [0.1, 0.15) is 18.0 Å². The molecule has 5 N–H and O–H groups in total. The highest BCUT2D eigenvalue weighted by Crippen LogP contribution is 2.43. The van der Waals surface area contributed by atoms with Crippen LogP contribution < -0.4 is 26.0 Å². The smallest absolute Gasteiger partial charge is 0.407 e. The Morgan fingerprint density at radius 1 is 0.955 bits per heavy atom. The van der Waals surface area contributed by atoms with E-state index in [1.54, 1.807) is 7.11 Å². The van der Waals surface area contributed by atoms with Crippen LogP contribution in [0.2, 0.25) is 0 Å². The predicted molar refractivity (Wildman–Crippen MR) is 148 cm³/mol. The minimum Gasteiger partial charge on any atom is -0.497 e. The molecule has 15 heteroatoms. The maximum absolute atomic E-state index is 13.3. The van der Waals surface area contributed by atoms with E-state index in [9.17, 15) is 37.1 Å². The van der Waals surface area contributed by atoms with E-state index < -0.39 is 91.6 Å². The third-order valence-corrected chi connectivity index (χ3v) is 8.89. The summed E-state index contributed by atoms with van der Waals surface area (Å²) < 4.78 is 63.9. The quantitative estimate of drug-likeness (QED) is 0.229. The van der Waals surface area contributed by atoms with Crippen LogP contribution in [0.4, 0.5) is 22.4 Å². The van der Waals surface area contributed by atoms with Gasteiger partial charge in [-0.15, -0.1) is 0 Å². The monoisotopic (exact) mass is 629 g/mol. The molecule has 0 radical (unpaired) electrons. The molecule has 0 unspecified atom stereocenters. The number of carbonyl (C=O) groups excluding carboxylic acids is 3. The van der Waals surface area contributed by atoms with E-state index in [2.05, 4.69) is 21.3 Å². The van der Waals surface area contributed by atoms with E-state index in [0.717, 1.165) is 5.56 Å². The minimum absolute atomic E-state index is 0.142. The number of alkyl carbamates (subject to hydrolysis) is 1. The highest BCUT2D eigenvalue weighted by atomic mass is 19.3. The van der Waals surface area contributed by atoms with Gasteiger partial charge < -0.3 is 35.8 Å². The Balaban J connectivity index is 1.10. The van der Waals surface area contributed by atoms with Gasteiger partial charge in [-0.3, -0.25) is 14.5 Å². The van der Waals surface area contributed by atoms with Crippen molar-refractivity contribution in [1.82, 2.24) is 26.2 Å². The number of aliphatic hydroxyl groups is 1. The molecule has 0 bridgehead atoms. The zero-order valence-electron chi connectivity index (χ0n) is 24.4. The molecule has 44 heavy (non-hydrogen) atoms. The highest BCUT2D eigenvalue weighted by molar-refractivity contribution is 5.82. The molecule has 1 aromatic rings. The zero-order chi connectivity index (χ0) is 31.6. The van der Waals surface area contributed by atoms with Crippen LogP contribution in [0, 0.1) is 11.8 Å². The molecule has 0 aromatic heterocycles. The van der Waals surface area contributed by atoms with Gasteiger partial charge in [-0.1, -0.05) is 12.1 Å². The zero-order valence-corrected chi connectivity index (χ0v) is 24.4. The summed E-state index contributed by atoms with van der Waals surface area (Å²) in [6, 6.07) is 5.90. The van der Waals surface area contributed by atoms with Gasteiger partial charge in [-0.05, 0) is 24.1 Å². The molecule has 2 aliphatic carbocycles. The number of ether oxygens (including phenoxy) is 2. The summed E-state index contributed by atoms with van der Waals surface area (Å²) in [7, 11) is 1.58. The number of likely N-dealkylation sites (tertiary alicyclic amines) is 1. The lowest BCUT2D eigenvalue weighted by Gasteiger charge is -2.36. The first-order valence-electron chi connectivity index (χ1n) is 14.9. The Kier molecular flexibility index (Phi) is 9.56. The molecule has 2 heterocycles. The van der Waals surface area contributed by atoms with Crippen molar-refractivity contribution >= 4 is 17.9 Å². The summed E-state index contributed by atoms with van der Waals surface area (Å²) in [5, 5.41) is 21.7. The molecule has 5 rings (SSSR count). The van der Waals surface area contributed by atoms with Gasteiger partial charge in [0.15, 0.2) is 0 Å². The number of amides is 3. The highest BCUT2D eigenvalue weighted by Gasteiger charge is 2.51. The van der Waals surface area contributed by atoms with Crippen molar-refractivity contribution in [2.45, 2.75) is 74.3 Å². The van der Waals surface area contributed by atoms with Crippen LogP contribution in [-0.4, -0.2) is 110 Å². The molecule has 0 spiro atoms. The summed E-state index contributed by atoms with van der Waals surface area (Å²) in [5.74, 6) is -7.75. The molecule has 2 saturated heterocycles. The molecule has 5 atom stereocenters. The van der Waals surface area contributed by atoms with Gasteiger partial charge in [-0.2, -0.15) is 0 Å². The van der Waals surface area contributed by atoms with E-state index >= 15 is 0 Å². The van der Waals surface area contributed by atoms with E-state index in [0.29, 0.717) is 18.7 Å². The second-order valence-electron chi connectivity index (χ2n) is 12.3. The Bertz CT molecular complexity index is 1150. The maximum atomic E-state index is 13.3. The number of hydrogen-bond donors (Lipinski definition) is 5. The fourth-order valence-electron chi connectivity index (χ4n) is 6.27. The Morgan fingerprint density at radius 3 is 2.00 bits per heavy atom. The molecule has 1 aromatic carbocycles. The van der Waals surface area contributed by atoms with Crippen LogP contribution >= 0.6 is 0 Å². The van der Waals surface area contributed by atoms with Crippen LogP contribution in [-0.2, 0) is 20.7 Å². The lowest BCUT2D eigenvalue weighted by Crippen LogP contribution is -2.56. The molecular weight excluding hydrogens is 590 g/mol. The SMILES string of the molecule is COc1ccc(C[C@H]2NC[C@H](O)[C@H]2OC(=O)NCCN2C[C@@H](NC(=O)C3CC(F)(F)C3)[C@H](NC(=O)C3CC(F)(F)C3)C2)cc1. The number of rotatable bonds is 11. The third-order valence-electron chi connectivity index (χ3n) is 8.89. The minimum atomic E-state index is -2.87. The van der Waals surface area contributed by atoms with E-state index in [1.165, 1.54) is 0 Å². The van der Waals surface area contributed by atoms with Crippen LogP contribution in [0.15, 0.2) is 24.3 Å². The average molecular weight is 630 g/mol. The van der Waals surface area contributed by atoms with Crippen molar-refractivity contribution in [3.63, 3.8) is 0 Å². The molecular formula is C29H39F4N5O6. The van der Waals surface area contributed by atoms with E-state index in [-0.39, 0.29) is 32.2 Å². The van der Waals surface area contributed by atoms with Gasteiger partial charge >= 0.3 is 6.09 Å². The number of aliphatic hydroxyl groups excluding tert-OH is 1. The number of nitrogens with zero attached hydrogens (tertiary/aromatic N) is 1. The maximum Gasteiger partial charge on any atom is 0.407 e. The topological polar surface area (TPSA) is 141 Å². The van der Waals surface area contributed by atoms with Gasteiger partial charge in [0.05, 0.1) is 25.2 Å². The summed E-state index contributed by atoms with van der Waals surface area (Å²) in [6.45, 7) is 1.23. The normalized spacial score (nSPS) is 29.7. The second kappa shape index (κ2) is 13.1. The number of halogens is 4. The average Bonchev–Trinajstić information content (AvgIpc) is 3.47. The number of carbonyl (C=O) groups is 3. The lowest BCUT2D eigenvalue weighted by atomic mass is 9.80. The Hall–Kier alpha value is -3.17. The fourth-order valence-corrected chi connectivity index (χ4v) is 6.27. The van der Waals surface area contributed by atoms with Crippen LogP contribution in [0.5, 0.6) is 5.75 Å². The van der Waals surface area contributed by atoms with Crippen molar-refractivity contribution in [2.24, 2.45) is 11.8 Å². The van der Waals surface area contributed by atoms with Gasteiger partial charge in [0, 0.05) is 70.2 Å². The van der Waals surface area contributed by atoms with Crippen molar-refractivity contribution in [1.29, 1.82) is 0 Å². The van der Waals surface area contributed by atoms with Crippen molar-refractivity contribution in [3.05, 3.63) is 29.8 Å². The predicted octanol–water partition coefficient (Wildman–Crippen LogP) is 1.04. The molecule has 4 fully saturated rings. The van der Waals surface area contributed by atoms with Crippen LogP contribution in [0.3, 0.4) is 0 Å². The number of methoxy groups -OCH3 is 1. The van der Waals surface area contributed by atoms with Gasteiger partial charge in [0.2, 0.25) is 23.7 Å². The summed E-state index contributed by atoms with van der Waals surface area (Å²) in [5.41, 5.74) is 0.973. The standard InChI is InChI=1S/C29H39F4N5O6/c1-43-19-4-2-16(3-5-19)8-20-24(23(39)13-35-20)44-27(42)34-6-7-38-14-21(36-25(40)17-9-28(30,31)10-17)22(15-38)37-26(41)18-11-29(32,33)12-18/h2-5,17-18,20-24,35,39H,6-15H2,1H3,(H,34,42)(H,36,40)(H,37,41)/t20-,21-,22-,23+,24+/m1/s1. The summed E-state index contributed by atoms with van der Waals surface area (Å²) in [6.07, 6.45) is -4.03. The fraction of sp³-hybridized carbons (Fsp3) is 0.690. The molecule has 3 amide bonds. The first-order chi connectivity index (χ1) is 20.8. The Labute approximate surface area is 252 Å². The van der Waals surface area contributed by atoms with Crippen molar-refractivity contribution < 1.29 is 46.5 Å². The molecule has 244 valence electrons. The van der Waals surface area contributed by atoms with Crippen molar-refractivity contribution in [3.8, 4) is 5.75 Å². The largest absolute Gasteiger partial charge is 0.497 e. The lowest BCUT2D eigenvalue weighted by molar-refractivity contribution is -0.152. The summed E-state index contributed by atoms with van der Waals surface area (Å²) in [4.78, 5) is 39.6. The van der Waals surface area contributed by atoms with Crippen LogP contribution in [0.25, 0.3) is 0 Å². The number of hydrogen-bond acceptors (Lipinski definition) is 8. The van der Waals surface area contributed by atoms with E-state index in [1.807, 2.05) is 29.2 Å². The molecule has 2 aliphatic heterocycles. The van der Waals surface area contributed by atoms with Crippen molar-refractivity contribution in [2.75, 3.05) is 39.8 Å². The van der Waals surface area contributed by atoms with E-state index in [4.69, 9.17) is 9.47 Å². The molecule has 2 saturated carbocycles. The van der Waals surface area contributed by atoms with Gasteiger partial charge in [0.25, 0.3) is 0 Å². The summed E-state index contributed by atoms with van der Waals surface area (Å²) >= 11 is 0.